The van der Waals surface area contributed by atoms with Crippen molar-refractivity contribution in [3.63, 3.8) is 0 Å². The van der Waals surface area contributed by atoms with Gasteiger partial charge in [-0.1, -0.05) is 12.5 Å². The highest BCUT2D eigenvalue weighted by atomic mass is 32.2. The van der Waals surface area contributed by atoms with E-state index in [1.165, 1.54) is 16.4 Å². The van der Waals surface area contributed by atoms with Crippen LogP contribution in [0.1, 0.15) is 42.7 Å². The van der Waals surface area contributed by atoms with Crippen LogP contribution in [0.2, 0.25) is 0 Å². The van der Waals surface area contributed by atoms with Crippen molar-refractivity contribution in [1.29, 1.82) is 0 Å². The van der Waals surface area contributed by atoms with E-state index in [1.807, 2.05) is 0 Å². The minimum absolute atomic E-state index is 0.0202. The van der Waals surface area contributed by atoms with Gasteiger partial charge in [0.15, 0.2) is 5.76 Å². The minimum atomic E-state index is -3.74. The highest BCUT2D eigenvalue weighted by Crippen LogP contribution is 2.24. The Balaban J connectivity index is 1.36. The molecule has 1 N–H and O–H groups in total. The second kappa shape index (κ2) is 9.02. The first-order chi connectivity index (χ1) is 14.8. The molecule has 4 heterocycles. The van der Waals surface area contributed by atoms with E-state index in [9.17, 15) is 21.6 Å². The molecular formula is C19H25N3O6S3. The molecule has 2 saturated heterocycles. The van der Waals surface area contributed by atoms with Crippen molar-refractivity contribution in [2.24, 2.45) is 0 Å². The van der Waals surface area contributed by atoms with Gasteiger partial charge in [0.1, 0.15) is 4.21 Å². The third-order valence-corrected chi connectivity index (χ3v) is 10.3. The van der Waals surface area contributed by atoms with E-state index in [4.69, 9.17) is 4.42 Å². The van der Waals surface area contributed by atoms with Crippen LogP contribution in [-0.2, 0) is 20.0 Å². The molecule has 0 aromatic carbocycles. The van der Waals surface area contributed by atoms with Crippen LogP contribution in [0.4, 0.5) is 0 Å². The molecule has 2 aromatic rings. The Kier molecular flexibility index (Phi) is 6.54. The molecule has 4 rings (SSSR count). The molecule has 31 heavy (non-hydrogen) atoms. The fourth-order valence-corrected chi connectivity index (χ4v) is 7.60. The molecule has 9 nitrogen and oxygen atoms in total. The van der Waals surface area contributed by atoms with Gasteiger partial charge in [-0.15, -0.1) is 11.3 Å². The van der Waals surface area contributed by atoms with Gasteiger partial charge in [0, 0.05) is 32.2 Å². The van der Waals surface area contributed by atoms with Crippen LogP contribution in [-0.4, -0.2) is 64.2 Å². The van der Waals surface area contributed by atoms with E-state index in [-0.39, 0.29) is 27.0 Å². The van der Waals surface area contributed by atoms with Gasteiger partial charge in [0.25, 0.3) is 15.9 Å². The molecule has 0 atom stereocenters. The number of thiophene rings is 1. The third kappa shape index (κ3) is 4.87. The summed E-state index contributed by atoms with van der Waals surface area (Å²) in [5.74, 6) is -0.409. The molecule has 0 saturated carbocycles. The summed E-state index contributed by atoms with van der Waals surface area (Å²) in [6, 6.07) is 5.70. The number of hydrogen-bond donors (Lipinski definition) is 1. The fourth-order valence-electron chi connectivity index (χ4n) is 3.86. The SMILES string of the molecule is O=C(c1ccc(S(=O)(=O)N2CCCCC2)o1)N1CCC(NS(=O)(=O)c2cccs2)CC1. The van der Waals surface area contributed by atoms with Gasteiger partial charge in [-0.05, 0) is 49.3 Å². The van der Waals surface area contributed by atoms with Gasteiger partial charge in [-0.3, -0.25) is 4.79 Å². The van der Waals surface area contributed by atoms with Crippen LogP contribution in [0.3, 0.4) is 0 Å². The standard InChI is InChI=1S/C19H25N3O6S3/c23-19(16-6-7-17(28-16)31(26,27)22-10-2-1-3-11-22)21-12-8-15(9-13-21)20-30(24,25)18-5-4-14-29-18/h4-7,14-15,20H,1-3,8-13H2. The highest BCUT2D eigenvalue weighted by molar-refractivity contribution is 7.91. The normalized spacial score (nSPS) is 19.5. The average molecular weight is 488 g/mol. The molecule has 0 radical (unpaired) electrons. The van der Waals surface area contributed by atoms with Gasteiger partial charge in [-0.2, -0.15) is 4.31 Å². The van der Waals surface area contributed by atoms with Crippen LogP contribution in [0, 0.1) is 0 Å². The molecule has 0 aliphatic carbocycles. The first-order valence-corrected chi connectivity index (χ1v) is 14.0. The number of likely N-dealkylation sites (tertiary alicyclic amines) is 1. The number of nitrogens with zero attached hydrogens (tertiary/aromatic N) is 2. The van der Waals surface area contributed by atoms with Crippen molar-refractivity contribution in [3.8, 4) is 0 Å². The Bertz CT molecular complexity index is 1110. The Morgan fingerprint density at radius 2 is 1.71 bits per heavy atom. The van der Waals surface area contributed by atoms with Gasteiger partial charge in [0.2, 0.25) is 15.1 Å². The second-order valence-corrected chi connectivity index (χ2v) is 12.5. The van der Waals surface area contributed by atoms with E-state index in [0.29, 0.717) is 39.0 Å². The van der Waals surface area contributed by atoms with Crippen molar-refractivity contribution in [2.75, 3.05) is 26.2 Å². The number of carbonyl (C=O) groups is 1. The first-order valence-electron chi connectivity index (χ1n) is 10.2. The number of rotatable bonds is 6. The van der Waals surface area contributed by atoms with E-state index in [2.05, 4.69) is 4.72 Å². The molecular weight excluding hydrogens is 462 g/mol. The zero-order valence-corrected chi connectivity index (χ0v) is 19.3. The van der Waals surface area contributed by atoms with Crippen LogP contribution in [0.5, 0.6) is 0 Å². The van der Waals surface area contributed by atoms with Crippen molar-refractivity contribution in [1.82, 2.24) is 13.9 Å². The van der Waals surface area contributed by atoms with Crippen LogP contribution in [0.25, 0.3) is 0 Å². The Labute approximate surface area is 186 Å². The molecule has 0 unspecified atom stereocenters. The smallest absolute Gasteiger partial charge is 0.289 e. The molecule has 0 bridgehead atoms. The molecule has 170 valence electrons. The summed E-state index contributed by atoms with van der Waals surface area (Å²) in [4.78, 5) is 14.3. The summed E-state index contributed by atoms with van der Waals surface area (Å²) >= 11 is 1.16. The third-order valence-electron chi connectivity index (χ3n) is 5.57. The number of sulfonamides is 2. The Morgan fingerprint density at radius 3 is 2.35 bits per heavy atom. The summed E-state index contributed by atoms with van der Waals surface area (Å²) in [5, 5.41) is 1.50. The number of furan rings is 1. The first kappa shape index (κ1) is 22.5. The number of amides is 1. The quantitative estimate of drug-likeness (QED) is 0.667. The van der Waals surface area contributed by atoms with Gasteiger partial charge >= 0.3 is 0 Å². The van der Waals surface area contributed by atoms with E-state index in [0.717, 1.165) is 30.6 Å². The minimum Gasteiger partial charge on any atom is -0.438 e. The summed E-state index contributed by atoms with van der Waals surface area (Å²) in [5.41, 5.74) is 0. The molecule has 0 spiro atoms. The lowest BCUT2D eigenvalue weighted by molar-refractivity contribution is 0.0673. The number of hydrogen-bond acceptors (Lipinski definition) is 7. The topological polar surface area (TPSA) is 117 Å². The van der Waals surface area contributed by atoms with Gasteiger partial charge in [0.05, 0.1) is 0 Å². The van der Waals surface area contributed by atoms with Crippen molar-refractivity contribution >= 4 is 37.3 Å². The van der Waals surface area contributed by atoms with Gasteiger partial charge in [-0.25, -0.2) is 21.6 Å². The Hall–Kier alpha value is -1.73. The van der Waals surface area contributed by atoms with E-state index >= 15 is 0 Å². The molecule has 1 amide bonds. The average Bonchev–Trinajstić information content (AvgIpc) is 3.47. The van der Waals surface area contributed by atoms with Crippen LogP contribution < -0.4 is 4.72 Å². The monoisotopic (exact) mass is 487 g/mol. The van der Waals surface area contributed by atoms with Crippen molar-refractivity contribution < 1.29 is 26.0 Å². The molecule has 2 aromatic heterocycles. The van der Waals surface area contributed by atoms with E-state index in [1.54, 1.807) is 22.4 Å². The molecule has 2 aliphatic rings. The summed E-state index contributed by atoms with van der Waals surface area (Å²) in [6.07, 6.45) is 3.58. The molecule has 2 fully saturated rings. The zero-order chi connectivity index (χ0) is 22.1. The van der Waals surface area contributed by atoms with Crippen LogP contribution >= 0.6 is 11.3 Å². The maximum absolute atomic E-state index is 12.8. The molecule has 12 heteroatoms. The maximum atomic E-state index is 12.8. The highest BCUT2D eigenvalue weighted by Gasteiger charge is 2.32. The number of carbonyl (C=O) groups excluding carboxylic acids is 1. The van der Waals surface area contributed by atoms with Crippen molar-refractivity contribution in [3.05, 3.63) is 35.4 Å². The predicted octanol–water partition coefficient (Wildman–Crippen LogP) is 2.10. The number of nitrogens with one attached hydrogen (secondary N) is 1. The number of piperidine rings is 2. The van der Waals surface area contributed by atoms with Crippen LogP contribution in [0.15, 0.2) is 43.4 Å². The molecule has 2 aliphatic heterocycles. The van der Waals surface area contributed by atoms with E-state index < -0.39 is 20.0 Å². The lowest BCUT2D eigenvalue weighted by Crippen LogP contribution is -2.46. The fraction of sp³-hybridized carbons (Fsp3) is 0.526. The summed E-state index contributed by atoms with van der Waals surface area (Å²) in [6.45, 7) is 1.62. The lowest BCUT2D eigenvalue weighted by Gasteiger charge is -2.31. The largest absolute Gasteiger partial charge is 0.438 e. The Morgan fingerprint density at radius 1 is 1.00 bits per heavy atom. The predicted molar refractivity (Wildman–Crippen MR) is 115 cm³/mol. The second-order valence-electron chi connectivity index (χ2n) is 7.70. The maximum Gasteiger partial charge on any atom is 0.289 e. The lowest BCUT2D eigenvalue weighted by atomic mass is 10.1. The van der Waals surface area contributed by atoms with Gasteiger partial charge < -0.3 is 9.32 Å². The summed E-state index contributed by atoms with van der Waals surface area (Å²) in [7, 11) is -7.29. The zero-order valence-electron chi connectivity index (χ0n) is 16.9. The summed E-state index contributed by atoms with van der Waals surface area (Å²) < 4.78 is 60.0. The van der Waals surface area contributed by atoms with Crippen molar-refractivity contribution in [2.45, 2.75) is 47.4 Å².